The summed E-state index contributed by atoms with van der Waals surface area (Å²) in [4.78, 5) is 15.0. The minimum Gasteiger partial charge on any atom is -0.346 e. The van der Waals surface area contributed by atoms with Crippen LogP contribution in [-0.2, 0) is 7.05 Å². The van der Waals surface area contributed by atoms with Crippen molar-refractivity contribution >= 4 is 17.5 Å². The van der Waals surface area contributed by atoms with Gasteiger partial charge in [-0.1, -0.05) is 31.4 Å². The maximum absolute atomic E-state index is 12.5. The van der Waals surface area contributed by atoms with Crippen molar-refractivity contribution < 1.29 is 4.79 Å². The van der Waals surface area contributed by atoms with Gasteiger partial charge in [0.1, 0.15) is 0 Å². The summed E-state index contributed by atoms with van der Waals surface area (Å²) in [6.45, 7) is 5.46. The molecule has 1 aromatic heterocycles. The molecule has 2 fully saturated rings. The molecule has 23 heavy (non-hydrogen) atoms. The fourth-order valence-corrected chi connectivity index (χ4v) is 4.09. The number of hydrogen-bond acceptors (Lipinski definition) is 3. The molecule has 0 aromatic carbocycles. The molecule has 0 spiro atoms. The van der Waals surface area contributed by atoms with E-state index < -0.39 is 0 Å². The third-order valence-electron chi connectivity index (χ3n) is 5.23. The number of likely N-dealkylation sites (tertiary alicyclic amines) is 1. The molecule has 1 saturated carbocycles. The Morgan fingerprint density at radius 1 is 1.43 bits per heavy atom. The molecular weight excluding hydrogens is 312 g/mol. The summed E-state index contributed by atoms with van der Waals surface area (Å²) < 4.78 is 1.58. The largest absolute Gasteiger partial charge is 0.346 e. The van der Waals surface area contributed by atoms with Crippen molar-refractivity contribution in [3.8, 4) is 0 Å². The van der Waals surface area contributed by atoms with E-state index in [2.05, 4.69) is 22.2 Å². The van der Waals surface area contributed by atoms with Gasteiger partial charge in [0.05, 0.1) is 5.02 Å². The quantitative estimate of drug-likeness (QED) is 0.867. The normalized spacial score (nSPS) is 25.5. The SMILES string of the molecule is CCC[C@@H]1CN(CC2CCC2)C[C@H]1NC(=O)c1nn(C)cc1Cl. The van der Waals surface area contributed by atoms with Crippen LogP contribution in [0.2, 0.25) is 5.02 Å². The smallest absolute Gasteiger partial charge is 0.273 e. The molecule has 0 radical (unpaired) electrons. The molecule has 1 saturated heterocycles. The van der Waals surface area contributed by atoms with Gasteiger partial charge in [-0.2, -0.15) is 5.10 Å². The molecule has 1 aliphatic heterocycles. The number of amides is 1. The summed E-state index contributed by atoms with van der Waals surface area (Å²) in [6.07, 6.45) is 8.10. The average molecular weight is 339 g/mol. The molecule has 2 aliphatic rings. The molecule has 2 atom stereocenters. The lowest BCUT2D eigenvalue weighted by Crippen LogP contribution is -2.41. The van der Waals surface area contributed by atoms with E-state index in [-0.39, 0.29) is 11.9 Å². The molecule has 128 valence electrons. The highest BCUT2D eigenvalue weighted by Crippen LogP contribution is 2.30. The van der Waals surface area contributed by atoms with Crippen LogP contribution in [0, 0.1) is 11.8 Å². The molecule has 0 unspecified atom stereocenters. The number of aromatic nitrogens is 2. The molecule has 5 nitrogen and oxygen atoms in total. The summed E-state index contributed by atoms with van der Waals surface area (Å²) >= 11 is 6.09. The van der Waals surface area contributed by atoms with Gasteiger partial charge in [-0.05, 0) is 31.1 Å². The number of nitrogens with zero attached hydrogens (tertiary/aromatic N) is 3. The molecule has 3 rings (SSSR count). The average Bonchev–Trinajstić information content (AvgIpc) is 2.98. The summed E-state index contributed by atoms with van der Waals surface area (Å²) in [5.41, 5.74) is 0.335. The number of halogens is 1. The topological polar surface area (TPSA) is 50.2 Å². The van der Waals surface area contributed by atoms with Gasteiger partial charge in [0.25, 0.3) is 5.91 Å². The summed E-state index contributed by atoms with van der Waals surface area (Å²) in [5.74, 6) is 1.26. The zero-order valence-corrected chi connectivity index (χ0v) is 14.9. The van der Waals surface area contributed by atoms with Gasteiger partial charge in [-0.25, -0.2) is 0 Å². The van der Waals surface area contributed by atoms with Crippen molar-refractivity contribution in [1.82, 2.24) is 20.0 Å². The van der Waals surface area contributed by atoms with Crippen LogP contribution >= 0.6 is 11.6 Å². The van der Waals surface area contributed by atoms with Crippen LogP contribution < -0.4 is 5.32 Å². The summed E-state index contributed by atoms with van der Waals surface area (Å²) in [6, 6.07) is 0.209. The minimum atomic E-state index is -0.146. The fourth-order valence-electron chi connectivity index (χ4n) is 3.83. The van der Waals surface area contributed by atoms with Crippen LogP contribution in [0.3, 0.4) is 0 Å². The number of carbonyl (C=O) groups is 1. The second-order valence-corrected chi connectivity index (χ2v) is 7.55. The Morgan fingerprint density at radius 2 is 2.22 bits per heavy atom. The zero-order chi connectivity index (χ0) is 16.4. The number of nitrogens with one attached hydrogen (secondary N) is 1. The van der Waals surface area contributed by atoms with Crippen LogP contribution in [0.5, 0.6) is 0 Å². The molecule has 1 amide bonds. The summed E-state index contributed by atoms with van der Waals surface area (Å²) in [5, 5.41) is 7.77. The van der Waals surface area contributed by atoms with Gasteiger partial charge in [-0.3, -0.25) is 9.48 Å². The van der Waals surface area contributed by atoms with Gasteiger partial charge in [0.2, 0.25) is 0 Å². The maximum atomic E-state index is 12.5. The minimum absolute atomic E-state index is 0.146. The number of hydrogen-bond donors (Lipinski definition) is 1. The standard InChI is InChI=1S/C17H27ClN4O/c1-3-5-13-9-22(8-12-6-4-7-12)11-15(13)19-17(23)16-14(18)10-21(2)20-16/h10,12-13,15H,3-9,11H2,1-2H3,(H,19,23)/t13-,15-/m1/s1. The van der Waals surface area contributed by atoms with Crippen LogP contribution in [-0.4, -0.2) is 46.3 Å². The Labute approximate surface area is 143 Å². The monoisotopic (exact) mass is 338 g/mol. The first-order valence-corrected chi connectivity index (χ1v) is 9.17. The molecule has 2 heterocycles. The van der Waals surface area contributed by atoms with E-state index >= 15 is 0 Å². The zero-order valence-electron chi connectivity index (χ0n) is 14.1. The number of carbonyl (C=O) groups excluding carboxylic acids is 1. The van der Waals surface area contributed by atoms with E-state index in [9.17, 15) is 4.79 Å². The Bertz CT molecular complexity index is 555. The van der Waals surface area contributed by atoms with E-state index in [1.165, 1.54) is 25.8 Å². The second-order valence-electron chi connectivity index (χ2n) is 7.14. The molecule has 1 aliphatic carbocycles. The maximum Gasteiger partial charge on any atom is 0.273 e. The first-order chi connectivity index (χ1) is 11.1. The third-order valence-corrected chi connectivity index (χ3v) is 5.51. The van der Waals surface area contributed by atoms with Crippen molar-refractivity contribution in [1.29, 1.82) is 0 Å². The lowest BCUT2D eigenvalue weighted by Gasteiger charge is -2.30. The third kappa shape index (κ3) is 3.89. The fraction of sp³-hybridized carbons (Fsp3) is 0.765. The van der Waals surface area contributed by atoms with Crippen LogP contribution in [0.25, 0.3) is 0 Å². The van der Waals surface area contributed by atoms with Crippen LogP contribution in [0.1, 0.15) is 49.5 Å². The first-order valence-electron chi connectivity index (χ1n) is 8.79. The lowest BCUT2D eigenvalue weighted by atomic mass is 9.85. The Hall–Kier alpha value is -1.07. The second kappa shape index (κ2) is 7.22. The molecular formula is C17H27ClN4O. The molecule has 1 aromatic rings. The Kier molecular flexibility index (Phi) is 5.27. The molecule has 0 bridgehead atoms. The highest BCUT2D eigenvalue weighted by Gasteiger charge is 2.35. The van der Waals surface area contributed by atoms with Gasteiger partial charge < -0.3 is 10.2 Å². The number of aryl methyl sites for hydroxylation is 1. The van der Waals surface area contributed by atoms with Gasteiger partial charge in [0.15, 0.2) is 5.69 Å². The Morgan fingerprint density at radius 3 is 2.78 bits per heavy atom. The van der Waals surface area contributed by atoms with Crippen LogP contribution in [0.4, 0.5) is 0 Å². The van der Waals surface area contributed by atoms with Gasteiger partial charge >= 0.3 is 0 Å². The van der Waals surface area contributed by atoms with Crippen molar-refractivity contribution in [3.63, 3.8) is 0 Å². The highest BCUT2D eigenvalue weighted by molar-refractivity contribution is 6.33. The molecule has 6 heteroatoms. The summed E-state index contributed by atoms with van der Waals surface area (Å²) in [7, 11) is 1.78. The van der Waals surface area contributed by atoms with Crippen molar-refractivity contribution in [2.24, 2.45) is 18.9 Å². The number of rotatable bonds is 6. The predicted octanol–water partition coefficient (Wildman–Crippen LogP) is 2.70. The van der Waals surface area contributed by atoms with E-state index in [1.54, 1.807) is 17.9 Å². The van der Waals surface area contributed by atoms with Crippen molar-refractivity contribution in [2.45, 2.75) is 45.1 Å². The highest BCUT2D eigenvalue weighted by atomic mass is 35.5. The van der Waals surface area contributed by atoms with Gasteiger partial charge in [-0.15, -0.1) is 0 Å². The lowest BCUT2D eigenvalue weighted by molar-refractivity contribution is 0.0923. The Balaban J connectivity index is 1.61. The van der Waals surface area contributed by atoms with E-state index in [4.69, 9.17) is 11.6 Å². The predicted molar refractivity (Wildman–Crippen MR) is 91.7 cm³/mol. The van der Waals surface area contributed by atoms with Crippen molar-refractivity contribution in [3.05, 3.63) is 16.9 Å². The first kappa shape index (κ1) is 16.8. The van der Waals surface area contributed by atoms with Crippen molar-refractivity contribution in [2.75, 3.05) is 19.6 Å². The van der Waals surface area contributed by atoms with E-state index in [1.807, 2.05) is 0 Å². The molecule has 1 N–H and O–H groups in total. The van der Waals surface area contributed by atoms with E-state index in [0.717, 1.165) is 31.8 Å². The van der Waals surface area contributed by atoms with Gasteiger partial charge in [0, 0.05) is 38.9 Å². The van der Waals surface area contributed by atoms with E-state index in [0.29, 0.717) is 16.6 Å². The van der Waals surface area contributed by atoms with Crippen LogP contribution in [0.15, 0.2) is 6.20 Å².